The molecule has 0 atom stereocenters. The van der Waals surface area contributed by atoms with Gasteiger partial charge in [-0.2, -0.15) is 0 Å². The van der Waals surface area contributed by atoms with Crippen LogP contribution in [0.1, 0.15) is 66.4 Å². The first-order valence-electron chi connectivity index (χ1n) is 12.5. The van der Waals surface area contributed by atoms with E-state index in [0.717, 1.165) is 24.0 Å². The highest BCUT2D eigenvalue weighted by Gasteiger charge is 2.27. The molecule has 0 aromatic heterocycles. The van der Waals surface area contributed by atoms with E-state index in [0.29, 0.717) is 42.1 Å². The van der Waals surface area contributed by atoms with Crippen molar-refractivity contribution in [3.63, 3.8) is 0 Å². The molecule has 1 saturated carbocycles. The first-order valence-corrected chi connectivity index (χ1v) is 12.5. The van der Waals surface area contributed by atoms with Crippen LogP contribution in [0.15, 0.2) is 36.4 Å². The van der Waals surface area contributed by atoms with Crippen LogP contribution in [0.4, 0.5) is 5.69 Å². The molecule has 0 bridgehead atoms. The van der Waals surface area contributed by atoms with Gasteiger partial charge in [0.15, 0.2) is 19.0 Å². The van der Waals surface area contributed by atoms with E-state index in [9.17, 15) is 14.4 Å². The van der Waals surface area contributed by atoms with Gasteiger partial charge in [-0.05, 0) is 74.6 Å². The second kappa shape index (κ2) is 11.4. The summed E-state index contributed by atoms with van der Waals surface area (Å²) in [6.45, 7) is 4.21. The number of aryl methyl sites for hydroxylation is 2. The number of rotatable bonds is 9. The Morgan fingerprint density at radius 1 is 1.06 bits per heavy atom. The summed E-state index contributed by atoms with van der Waals surface area (Å²) in [5, 5.41) is 3.12. The number of fused-ring (bicyclic) bond motifs is 1. The molecule has 0 saturated heterocycles. The molecule has 0 unspecified atom stereocenters. The lowest BCUT2D eigenvalue weighted by Crippen LogP contribution is -2.40. The topological polar surface area (TPSA) is 84.9 Å². The minimum atomic E-state index is -0.184. The van der Waals surface area contributed by atoms with Crippen LogP contribution in [-0.2, 0) is 9.59 Å². The largest absolute Gasteiger partial charge is 0.485 e. The fraction of sp³-hybridized carbons (Fsp3) is 0.464. The zero-order valence-electron chi connectivity index (χ0n) is 20.6. The number of nitrogens with one attached hydrogen (secondary N) is 1. The Hall–Kier alpha value is -3.35. The summed E-state index contributed by atoms with van der Waals surface area (Å²) in [6, 6.07) is 11.2. The Labute approximate surface area is 206 Å². The lowest BCUT2D eigenvalue weighted by atomic mass is 9.95. The number of ketones is 1. The average molecular weight is 479 g/mol. The Kier molecular flexibility index (Phi) is 8.06. The summed E-state index contributed by atoms with van der Waals surface area (Å²) in [6.07, 6.45) is 6.57. The lowest BCUT2D eigenvalue weighted by molar-refractivity contribution is -0.123. The molecule has 2 aromatic rings. The van der Waals surface area contributed by atoms with Crippen LogP contribution in [0.3, 0.4) is 0 Å². The van der Waals surface area contributed by atoms with Gasteiger partial charge in [-0.15, -0.1) is 0 Å². The third kappa shape index (κ3) is 6.62. The molecule has 7 heteroatoms. The van der Waals surface area contributed by atoms with E-state index in [-0.39, 0.29) is 36.9 Å². The van der Waals surface area contributed by atoms with Crippen LogP contribution in [-0.4, -0.2) is 43.4 Å². The molecule has 4 rings (SSSR count). The van der Waals surface area contributed by atoms with Crippen molar-refractivity contribution in [3.05, 3.63) is 53.1 Å². The highest BCUT2D eigenvalue weighted by molar-refractivity contribution is 6.02. The van der Waals surface area contributed by atoms with Crippen LogP contribution in [0.25, 0.3) is 0 Å². The van der Waals surface area contributed by atoms with Gasteiger partial charge in [-0.1, -0.05) is 25.3 Å². The van der Waals surface area contributed by atoms with Gasteiger partial charge in [0.2, 0.25) is 5.91 Å². The lowest BCUT2D eigenvalue weighted by Gasteiger charge is -2.30. The van der Waals surface area contributed by atoms with Gasteiger partial charge >= 0.3 is 0 Å². The van der Waals surface area contributed by atoms with Gasteiger partial charge < -0.3 is 19.7 Å². The molecule has 2 amide bonds. The van der Waals surface area contributed by atoms with Crippen molar-refractivity contribution < 1.29 is 23.9 Å². The number of amides is 2. The normalized spacial score (nSPS) is 15.8. The van der Waals surface area contributed by atoms with Crippen molar-refractivity contribution in [2.75, 3.05) is 24.7 Å². The van der Waals surface area contributed by atoms with E-state index in [2.05, 4.69) is 5.32 Å². The number of Topliss-reactive ketones (excluding diaryl/α,β-unsaturated/α-hetero) is 1. The Balaban J connectivity index is 1.36. The van der Waals surface area contributed by atoms with Gasteiger partial charge in [-0.25, -0.2) is 0 Å². The third-order valence-electron chi connectivity index (χ3n) is 6.54. The van der Waals surface area contributed by atoms with E-state index in [4.69, 9.17) is 9.47 Å². The number of hydrogen-bond donors (Lipinski definition) is 1. The maximum absolute atomic E-state index is 12.8. The van der Waals surface area contributed by atoms with Gasteiger partial charge in [0.25, 0.3) is 5.91 Å². The van der Waals surface area contributed by atoms with E-state index in [1.807, 2.05) is 32.0 Å². The molecule has 2 aliphatic rings. The maximum Gasteiger partial charge on any atom is 0.265 e. The number of carbonyl (C=O) groups excluding carboxylic acids is 3. The average Bonchev–Trinajstić information content (AvgIpc) is 2.83. The minimum Gasteiger partial charge on any atom is -0.485 e. The van der Waals surface area contributed by atoms with Crippen molar-refractivity contribution in [1.29, 1.82) is 0 Å². The van der Waals surface area contributed by atoms with E-state index >= 15 is 0 Å². The highest BCUT2D eigenvalue weighted by Crippen LogP contribution is 2.33. The Bertz CT molecular complexity index is 1070. The molecule has 7 nitrogen and oxygen atoms in total. The van der Waals surface area contributed by atoms with Crippen LogP contribution in [0, 0.1) is 13.8 Å². The van der Waals surface area contributed by atoms with Crippen LogP contribution >= 0.6 is 0 Å². The van der Waals surface area contributed by atoms with Gasteiger partial charge in [0, 0.05) is 24.6 Å². The second-order valence-electron chi connectivity index (χ2n) is 9.56. The number of hydrogen-bond acceptors (Lipinski definition) is 5. The van der Waals surface area contributed by atoms with E-state index in [1.54, 1.807) is 23.1 Å². The molecule has 1 fully saturated rings. The molecule has 35 heavy (non-hydrogen) atoms. The van der Waals surface area contributed by atoms with Gasteiger partial charge in [0.05, 0.1) is 5.69 Å². The molecule has 1 N–H and O–H groups in total. The summed E-state index contributed by atoms with van der Waals surface area (Å²) in [7, 11) is 0. The summed E-state index contributed by atoms with van der Waals surface area (Å²) in [5.74, 6) is 0.881. The Morgan fingerprint density at radius 3 is 2.54 bits per heavy atom. The van der Waals surface area contributed by atoms with Crippen LogP contribution in [0.2, 0.25) is 0 Å². The number of anilines is 1. The summed E-state index contributed by atoms with van der Waals surface area (Å²) in [5.41, 5.74) is 3.15. The van der Waals surface area contributed by atoms with Crippen molar-refractivity contribution in [1.82, 2.24) is 5.32 Å². The van der Waals surface area contributed by atoms with Crippen molar-refractivity contribution in [3.8, 4) is 11.5 Å². The fourth-order valence-corrected chi connectivity index (χ4v) is 4.81. The smallest absolute Gasteiger partial charge is 0.265 e. The number of ether oxygens (including phenoxy) is 2. The predicted octanol–water partition coefficient (Wildman–Crippen LogP) is 4.52. The van der Waals surface area contributed by atoms with Crippen LogP contribution in [0.5, 0.6) is 11.5 Å². The Morgan fingerprint density at radius 2 is 1.80 bits per heavy atom. The summed E-state index contributed by atoms with van der Waals surface area (Å²) in [4.78, 5) is 39.4. The zero-order chi connectivity index (χ0) is 24.8. The zero-order valence-corrected chi connectivity index (χ0v) is 20.6. The number of nitrogens with zero attached hydrogens (tertiary/aromatic N) is 1. The first kappa shape index (κ1) is 24.8. The quantitative estimate of drug-likeness (QED) is 0.536. The fourth-order valence-electron chi connectivity index (χ4n) is 4.81. The van der Waals surface area contributed by atoms with E-state index < -0.39 is 0 Å². The van der Waals surface area contributed by atoms with Gasteiger partial charge in [0.1, 0.15) is 11.5 Å². The SMILES string of the molecule is Cc1cc(C)cc(OCC(=O)c2ccc3c(c2)N(CCCC(=O)NC2CCCCC2)C(=O)CO3)c1. The molecule has 0 spiro atoms. The molecule has 1 heterocycles. The molecule has 186 valence electrons. The van der Waals surface area contributed by atoms with Crippen molar-refractivity contribution in [2.45, 2.75) is 64.8 Å². The monoisotopic (exact) mass is 478 g/mol. The third-order valence-corrected chi connectivity index (χ3v) is 6.54. The first-order chi connectivity index (χ1) is 16.9. The maximum atomic E-state index is 12.8. The predicted molar refractivity (Wildman–Crippen MR) is 134 cm³/mol. The molecular formula is C28H34N2O5. The second-order valence-corrected chi connectivity index (χ2v) is 9.56. The van der Waals surface area contributed by atoms with Gasteiger partial charge in [-0.3, -0.25) is 14.4 Å². The molecule has 1 aliphatic carbocycles. The number of carbonyl (C=O) groups is 3. The molecule has 0 radical (unpaired) electrons. The van der Waals surface area contributed by atoms with Crippen LogP contribution < -0.4 is 19.7 Å². The molecule has 1 aliphatic heterocycles. The van der Waals surface area contributed by atoms with Crippen molar-refractivity contribution >= 4 is 23.3 Å². The molecule has 2 aromatic carbocycles. The molecular weight excluding hydrogens is 444 g/mol. The standard InChI is InChI=1S/C28H34N2O5/c1-19-13-20(2)15-23(14-19)34-17-25(31)21-10-11-26-24(16-21)30(28(33)18-35-26)12-6-9-27(32)29-22-7-4-3-5-8-22/h10-11,13-16,22H,3-9,12,17-18H2,1-2H3,(H,29,32). The van der Waals surface area contributed by atoms with Crippen molar-refractivity contribution in [2.24, 2.45) is 0 Å². The minimum absolute atomic E-state index is 0.0327. The van der Waals surface area contributed by atoms with E-state index in [1.165, 1.54) is 19.3 Å². The highest BCUT2D eigenvalue weighted by atomic mass is 16.5. The number of benzene rings is 2. The summed E-state index contributed by atoms with van der Waals surface area (Å²) < 4.78 is 11.3. The summed E-state index contributed by atoms with van der Waals surface area (Å²) >= 11 is 0.